The van der Waals surface area contributed by atoms with Gasteiger partial charge in [-0.2, -0.15) is 0 Å². The first kappa shape index (κ1) is 19.6. The summed E-state index contributed by atoms with van der Waals surface area (Å²) in [6.07, 6.45) is 0.426. The van der Waals surface area contributed by atoms with Crippen molar-refractivity contribution >= 4 is 23.4 Å². The number of nitrogens with zero attached hydrogens (tertiary/aromatic N) is 1. The highest BCUT2D eigenvalue weighted by molar-refractivity contribution is 6.10. The summed E-state index contributed by atoms with van der Waals surface area (Å²) < 4.78 is 10.0. The predicted octanol–water partition coefficient (Wildman–Crippen LogP) is 2.47. The number of benzene rings is 2. The van der Waals surface area contributed by atoms with Gasteiger partial charge in [0.2, 0.25) is 5.54 Å². The summed E-state index contributed by atoms with van der Waals surface area (Å²) in [5.41, 5.74) is 1.76. The van der Waals surface area contributed by atoms with Crippen molar-refractivity contribution in [2.45, 2.75) is 31.8 Å². The first-order chi connectivity index (χ1) is 13.4. The van der Waals surface area contributed by atoms with E-state index in [-0.39, 0.29) is 12.2 Å². The molecule has 0 unspecified atom stereocenters. The number of fused-ring (bicyclic) bond motifs is 1. The minimum absolute atomic E-state index is 0.0475. The Hall–Kier alpha value is -3.15. The van der Waals surface area contributed by atoms with Gasteiger partial charge in [0.1, 0.15) is 5.78 Å². The molecule has 0 radical (unpaired) electrons. The zero-order valence-corrected chi connectivity index (χ0v) is 16.2. The number of carbonyl (C=O) groups is 3. The summed E-state index contributed by atoms with van der Waals surface area (Å²) >= 11 is 0. The van der Waals surface area contributed by atoms with Crippen LogP contribution in [0.15, 0.2) is 48.5 Å². The minimum Gasteiger partial charge on any atom is -0.467 e. The minimum atomic E-state index is -1.60. The van der Waals surface area contributed by atoms with Gasteiger partial charge in [-0.1, -0.05) is 42.5 Å². The molecule has 0 saturated carbocycles. The summed E-state index contributed by atoms with van der Waals surface area (Å²) in [6.45, 7) is 1.87. The molecule has 0 N–H and O–H groups in total. The van der Waals surface area contributed by atoms with Crippen molar-refractivity contribution in [3.05, 3.63) is 65.2 Å². The average Bonchev–Trinajstić information content (AvgIpc) is 3.01. The molecule has 1 aliphatic rings. The fraction of sp³-hybridized carbons (Fsp3) is 0.318. The maximum atomic E-state index is 12.8. The highest BCUT2D eigenvalue weighted by Gasteiger charge is 2.58. The number of esters is 2. The van der Waals surface area contributed by atoms with E-state index in [0.29, 0.717) is 13.0 Å². The van der Waals surface area contributed by atoms with Gasteiger partial charge in [0.15, 0.2) is 0 Å². The quantitative estimate of drug-likeness (QED) is 0.565. The van der Waals surface area contributed by atoms with Crippen LogP contribution >= 0.6 is 0 Å². The lowest BCUT2D eigenvalue weighted by atomic mass is 9.93. The Morgan fingerprint density at radius 1 is 0.964 bits per heavy atom. The van der Waals surface area contributed by atoms with Crippen molar-refractivity contribution in [1.29, 1.82) is 0 Å². The number of carbonyl (C=O) groups excluding carboxylic acids is 3. The van der Waals surface area contributed by atoms with Crippen molar-refractivity contribution in [1.82, 2.24) is 0 Å². The van der Waals surface area contributed by atoms with Crippen LogP contribution in [0.3, 0.4) is 0 Å². The molecule has 0 fully saturated rings. The fourth-order valence-electron chi connectivity index (χ4n) is 3.79. The van der Waals surface area contributed by atoms with Crippen LogP contribution in [0.25, 0.3) is 0 Å². The molecule has 0 aromatic heterocycles. The highest BCUT2D eigenvalue weighted by atomic mass is 16.5. The Kier molecular flexibility index (Phi) is 5.49. The summed E-state index contributed by atoms with van der Waals surface area (Å²) in [5, 5.41) is 0. The molecule has 1 heterocycles. The summed E-state index contributed by atoms with van der Waals surface area (Å²) in [5.74, 6) is -1.29. The van der Waals surface area contributed by atoms with Crippen molar-refractivity contribution in [3.63, 3.8) is 0 Å². The third kappa shape index (κ3) is 3.38. The topological polar surface area (TPSA) is 72.9 Å². The van der Waals surface area contributed by atoms with Crippen molar-refractivity contribution in [2.24, 2.45) is 0 Å². The van der Waals surface area contributed by atoms with Crippen molar-refractivity contribution < 1.29 is 23.9 Å². The number of ether oxygens (including phenoxy) is 2. The van der Waals surface area contributed by atoms with Gasteiger partial charge in [-0.25, -0.2) is 9.59 Å². The van der Waals surface area contributed by atoms with Crippen LogP contribution in [0.4, 0.5) is 5.69 Å². The molecule has 3 rings (SSSR count). The largest absolute Gasteiger partial charge is 0.467 e. The molecule has 6 nitrogen and oxygen atoms in total. The monoisotopic (exact) mass is 381 g/mol. The molecule has 1 aliphatic heterocycles. The molecule has 6 heteroatoms. The van der Waals surface area contributed by atoms with Gasteiger partial charge in [-0.05, 0) is 29.7 Å². The van der Waals surface area contributed by atoms with E-state index in [1.54, 1.807) is 4.90 Å². The third-order valence-electron chi connectivity index (χ3n) is 5.02. The van der Waals surface area contributed by atoms with Gasteiger partial charge in [-0.3, -0.25) is 4.79 Å². The Bertz CT molecular complexity index is 890. The second kappa shape index (κ2) is 7.84. The van der Waals surface area contributed by atoms with Gasteiger partial charge in [-0.15, -0.1) is 0 Å². The molecule has 146 valence electrons. The predicted molar refractivity (Wildman–Crippen MR) is 104 cm³/mol. The highest BCUT2D eigenvalue weighted by Crippen LogP contribution is 2.42. The second-order valence-electron chi connectivity index (χ2n) is 6.93. The Morgan fingerprint density at radius 3 is 2.18 bits per heavy atom. The molecule has 2 aromatic rings. The molecule has 0 atom stereocenters. The lowest BCUT2D eigenvalue weighted by Gasteiger charge is -2.35. The molecule has 0 aliphatic carbocycles. The third-order valence-corrected chi connectivity index (χ3v) is 5.02. The van der Waals surface area contributed by atoms with Crippen LogP contribution in [0.1, 0.15) is 23.6 Å². The summed E-state index contributed by atoms with van der Waals surface area (Å²) in [6, 6.07) is 15.2. The SMILES string of the molecule is COC(=O)C1(C(=O)OC)Cc2cc(CC(C)=O)ccc2N1Cc1ccccc1. The zero-order valence-electron chi connectivity index (χ0n) is 16.2. The van der Waals surface area contributed by atoms with E-state index in [9.17, 15) is 14.4 Å². The second-order valence-corrected chi connectivity index (χ2v) is 6.93. The lowest BCUT2D eigenvalue weighted by Crippen LogP contribution is -2.59. The van der Waals surface area contributed by atoms with Gasteiger partial charge < -0.3 is 14.4 Å². The standard InChI is InChI=1S/C22H23NO5/c1-15(24)11-17-9-10-19-18(12-17)13-22(20(25)27-2,21(26)28-3)23(19)14-16-7-5-4-6-8-16/h4-10,12H,11,13-14H2,1-3H3. The van der Waals surface area contributed by atoms with E-state index >= 15 is 0 Å². The van der Waals surface area contributed by atoms with Gasteiger partial charge in [0.05, 0.1) is 14.2 Å². The number of methoxy groups -OCH3 is 2. The lowest BCUT2D eigenvalue weighted by molar-refractivity contribution is -0.161. The number of hydrogen-bond acceptors (Lipinski definition) is 6. The first-order valence-electron chi connectivity index (χ1n) is 9.02. The maximum Gasteiger partial charge on any atom is 0.343 e. The maximum absolute atomic E-state index is 12.8. The molecule has 0 saturated heterocycles. The molecule has 28 heavy (non-hydrogen) atoms. The Balaban J connectivity index is 2.12. The van der Waals surface area contributed by atoms with Crippen LogP contribution in [-0.2, 0) is 43.2 Å². The van der Waals surface area contributed by atoms with Crippen LogP contribution in [-0.4, -0.2) is 37.5 Å². The number of hydrogen-bond donors (Lipinski definition) is 0. The molecular weight excluding hydrogens is 358 g/mol. The van der Waals surface area contributed by atoms with E-state index in [2.05, 4.69) is 0 Å². The number of rotatable bonds is 6. The van der Waals surface area contributed by atoms with E-state index in [1.807, 2.05) is 48.5 Å². The molecule has 0 bridgehead atoms. The van der Waals surface area contributed by atoms with Gasteiger partial charge >= 0.3 is 11.9 Å². The first-order valence-corrected chi connectivity index (χ1v) is 9.02. The Labute approximate surface area is 164 Å². The molecule has 0 amide bonds. The van der Waals surface area contributed by atoms with E-state index < -0.39 is 17.5 Å². The van der Waals surface area contributed by atoms with Crippen molar-refractivity contribution in [3.8, 4) is 0 Å². The smallest absolute Gasteiger partial charge is 0.343 e. The normalized spacial score (nSPS) is 14.3. The Morgan fingerprint density at radius 2 is 1.61 bits per heavy atom. The van der Waals surface area contributed by atoms with E-state index in [1.165, 1.54) is 21.1 Å². The molecular formula is C22H23NO5. The number of Topliss-reactive ketones (excluding diaryl/α,β-unsaturated/α-hetero) is 1. The summed E-state index contributed by atoms with van der Waals surface area (Å²) in [4.78, 5) is 38.9. The van der Waals surface area contributed by atoms with Crippen LogP contribution in [0.5, 0.6) is 0 Å². The van der Waals surface area contributed by atoms with Crippen LogP contribution in [0.2, 0.25) is 0 Å². The molecule has 0 spiro atoms. The van der Waals surface area contributed by atoms with Gasteiger partial charge in [0, 0.05) is 25.1 Å². The number of ketones is 1. The fourth-order valence-corrected chi connectivity index (χ4v) is 3.79. The summed E-state index contributed by atoms with van der Waals surface area (Å²) in [7, 11) is 2.52. The number of anilines is 1. The van der Waals surface area contributed by atoms with Crippen LogP contribution in [0, 0.1) is 0 Å². The van der Waals surface area contributed by atoms with E-state index in [4.69, 9.17) is 9.47 Å². The van der Waals surface area contributed by atoms with E-state index in [0.717, 1.165) is 22.4 Å². The zero-order chi connectivity index (χ0) is 20.3. The van der Waals surface area contributed by atoms with Gasteiger partial charge in [0.25, 0.3) is 0 Å². The van der Waals surface area contributed by atoms with Crippen molar-refractivity contribution in [2.75, 3.05) is 19.1 Å². The van der Waals surface area contributed by atoms with Crippen LogP contribution < -0.4 is 4.90 Å². The average molecular weight is 381 g/mol. The molecule has 2 aromatic carbocycles.